The number of benzene rings is 11. The quantitative estimate of drug-likeness (QED) is 0.174. The molecule has 1 aromatic heterocycles. The molecular formula is C48H26O. The monoisotopic (exact) mass is 626 g/mol. The number of rotatable bonds is 2. The summed E-state index contributed by atoms with van der Waals surface area (Å²) < 4.78 is 81.0. The minimum atomic E-state index is -0.472. The first-order valence-electron chi connectivity index (χ1n) is 20.4. The Balaban J connectivity index is 1.28. The standard InChI is InChI=1S/C48H26O/c1-2-10-36-33(5-1)25-40(37-21-16-32-14-12-28-7-4-9-30-18-23-39(37)46(32)44(28)30)48-47(36)41-26-34(19-24-42(41)49-48)35-20-15-31-13-11-27-6-3-8-29-17-22-38(35)45(31)43(27)29/h1-26H/i1D,2D,5D,10D,19D,24D,25D,26D. The van der Waals surface area contributed by atoms with Gasteiger partial charge < -0.3 is 4.42 Å². The molecule has 0 radical (unpaired) electrons. The van der Waals surface area contributed by atoms with Crippen LogP contribution < -0.4 is 0 Å². The van der Waals surface area contributed by atoms with Gasteiger partial charge in [0.05, 0.1) is 11.0 Å². The predicted molar refractivity (Wildman–Crippen MR) is 210 cm³/mol. The molecule has 1 nitrogen and oxygen atoms in total. The Morgan fingerprint density at radius 2 is 0.918 bits per heavy atom. The van der Waals surface area contributed by atoms with Crippen molar-refractivity contribution in [2.75, 3.05) is 0 Å². The largest absolute Gasteiger partial charge is 0.455 e. The Bertz CT molecular complexity index is 3760. The Morgan fingerprint density at radius 1 is 0.367 bits per heavy atom. The van der Waals surface area contributed by atoms with E-state index < -0.39 is 12.1 Å². The maximum Gasteiger partial charge on any atom is 0.143 e. The number of fused-ring (bicyclic) bond motifs is 5. The molecule has 0 fully saturated rings. The minimum Gasteiger partial charge on any atom is -0.455 e. The Kier molecular flexibility index (Phi) is 3.61. The average Bonchev–Trinajstić information content (AvgIpc) is 3.63. The van der Waals surface area contributed by atoms with E-state index in [0.29, 0.717) is 16.7 Å². The van der Waals surface area contributed by atoms with E-state index in [1.165, 1.54) is 0 Å². The fraction of sp³-hybridized carbons (Fsp3) is 0. The third-order valence-corrected chi connectivity index (χ3v) is 10.5. The third kappa shape index (κ3) is 3.34. The van der Waals surface area contributed by atoms with Crippen molar-refractivity contribution in [1.82, 2.24) is 0 Å². The molecule has 1 heterocycles. The maximum absolute atomic E-state index is 9.94. The molecule has 0 amide bonds. The molecule has 0 aliphatic heterocycles. The van der Waals surface area contributed by atoms with E-state index >= 15 is 0 Å². The second-order valence-electron chi connectivity index (χ2n) is 12.9. The molecule has 11 aromatic carbocycles. The molecule has 0 unspecified atom stereocenters. The van der Waals surface area contributed by atoms with Gasteiger partial charge in [-0.25, -0.2) is 0 Å². The van der Waals surface area contributed by atoms with Crippen molar-refractivity contribution in [3.8, 4) is 22.3 Å². The predicted octanol–water partition coefficient (Wildman–Crippen LogP) is 13.9. The molecule has 0 aliphatic rings. The lowest BCUT2D eigenvalue weighted by Crippen LogP contribution is -1.88. The third-order valence-electron chi connectivity index (χ3n) is 10.5. The smallest absolute Gasteiger partial charge is 0.143 e. The van der Waals surface area contributed by atoms with Gasteiger partial charge in [-0.2, -0.15) is 0 Å². The molecule has 1 heteroatoms. The van der Waals surface area contributed by atoms with Crippen molar-refractivity contribution >= 4 is 97.3 Å². The van der Waals surface area contributed by atoms with Gasteiger partial charge in [-0.15, -0.1) is 0 Å². The van der Waals surface area contributed by atoms with Crippen LogP contribution in [0.25, 0.3) is 120 Å². The van der Waals surface area contributed by atoms with Crippen LogP contribution in [0.3, 0.4) is 0 Å². The summed E-state index contributed by atoms with van der Waals surface area (Å²) >= 11 is 0. The molecule has 224 valence electrons. The molecule has 0 aliphatic carbocycles. The Labute approximate surface area is 292 Å². The second-order valence-corrected chi connectivity index (χ2v) is 12.9. The van der Waals surface area contributed by atoms with Crippen LogP contribution in [0.2, 0.25) is 0 Å². The highest BCUT2D eigenvalue weighted by Crippen LogP contribution is 2.46. The molecule has 0 N–H and O–H groups in total. The van der Waals surface area contributed by atoms with Gasteiger partial charge >= 0.3 is 0 Å². The van der Waals surface area contributed by atoms with E-state index in [-0.39, 0.29) is 74.5 Å². The molecule has 0 spiro atoms. The summed E-state index contributed by atoms with van der Waals surface area (Å²) in [7, 11) is 0. The van der Waals surface area contributed by atoms with Gasteiger partial charge in [0, 0.05) is 16.3 Å². The zero-order valence-electron chi connectivity index (χ0n) is 33.8. The van der Waals surface area contributed by atoms with Gasteiger partial charge in [0.15, 0.2) is 0 Å². The van der Waals surface area contributed by atoms with Crippen LogP contribution in [-0.2, 0) is 0 Å². The molecular weight excluding hydrogens is 593 g/mol. The highest BCUT2D eigenvalue weighted by atomic mass is 16.3. The van der Waals surface area contributed by atoms with E-state index in [2.05, 4.69) is 48.5 Å². The van der Waals surface area contributed by atoms with E-state index in [0.717, 1.165) is 64.6 Å². The fourth-order valence-electron chi connectivity index (χ4n) is 8.33. The first-order chi connectivity index (χ1) is 27.6. The van der Waals surface area contributed by atoms with Gasteiger partial charge in [-0.3, -0.25) is 0 Å². The Morgan fingerprint density at radius 3 is 1.59 bits per heavy atom. The fourth-order valence-corrected chi connectivity index (χ4v) is 8.33. The average molecular weight is 627 g/mol. The molecule has 49 heavy (non-hydrogen) atoms. The number of hydrogen-bond donors (Lipinski definition) is 0. The molecule has 12 rings (SSSR count). The number of hydrogen-bond acceptors (Lipinski definition) is 1. The lowest BCUT2D eigenvalue weighted by molar-refractivity contribution is 0.670. The highest BCUT2D eigenvalue weighted by Gasteiger charge is 2.20. The van der Waals surface area contributed by atoms with Crippen LogP contribution in [0.1, 0.15) is 11.0 Å². The van der Waals surface area contributed by atoms with E-state index in [1.54, 1.807) is 0 Å². The lowest BCUT2D eigenvalue weighted by Gasteiger charge is -2.15. The van der Waals surface area contributed by atoms with Gasteiger partial charge in [0.25, 0.3) is 0 Å². The van der Waals surface area contributed by atoms with Crippen LogP contribution in [0, 0.1) is 0 Å². The van der Waals surface area contributed by atoms with Crippen molar-refractivity contribution in [3.05, 3.63) is 158 Å². The second kappa shape index (κ2) is 9.13. The first-order valence-corrected chi connectivity index (χ1v) is 16.4. The van der Waals surface area contributed by atoms with Gasteiger partial charge in [-0.1, -0.05) is 139 Å². The first kappa shape index (κ1) is 19.4. The Hall–Kier alpha value is -6.44. The summed E-state index contributed by atoms with van der Waals surface area (Å²) in [6, 6.07) is 34.1. The summed E-state index contributed by atoms with van der Waals surface area (Å²) in [5.41, 5.74) is 1.85. The zero-order chi connectivity index (χ0) is 38.8. The van der Waals surface area contributed by atoms with Gasteiger partial charge in [0.2, 0.25) is 0 Å². The van der Waals surface area contributed by atoms with Gasteiger partial charge in [-0.05, 0) is 110 Å². The van der Waals surface area contributed by atoms with Crippen LogP contribution in [0.15, 0.2) is 162 Å². The van der Waals surface area contributed by atoms with E-state index in [1.807, 2.05) is 60.7 Å². The molecule has 0 bridgehead atoms. The van der Waals surface area contributed by atoms with Crippen molar-refractivity contribution in [3.63, 3.8) is 0 Å². The topological polar surface area (TPSA) is 13.1 Å². The summed E-state index contributed by atoms with van der Waals surface area (Å²) in [4.78, 5) is 0. The SMILES string of the molecule is [2H]c1c(-c2ccc3ccc4cccc5ccc2c3c45)c([2H])c2c(oc3c(-c4ccc5ccc6cccc7ccc4c5c67)c([2H])c4c([2H])c([2H])c([2H])c([2H])c4c32)c1[2H]. The minimum absolute atomic E-state index is 0.00190. The molecule has 12 aromatic rings. The van der Waals surface area contributed by atoms with E-state index in [4.69, 9.17) is 8.53 Å². The lowest BCUT2D eigenvalue weighted by atomic mass is 9.88. The molecule has 0 saturated carbocycles. The van der Waals surface area contributed by atoms with Crippen molar-refractivity contribution in [2.45, 2.75) is 0 Å². The maximum atomic E-state index is 9.94. The number of furan rings is 1. The molecule has 0 atom stereocenters. The summed E-state index contributed by atoms with van der Waals surface area (Å²) in [5, 5.41) is 12.6. The van der Waals surface area contributed by atoms with Crippen LogP contribution >= 0.6 is 0 Å². The van der Waals surface area contributed by atoms with Crippen molar-refractivity contribution < 1.29 is 15.4 Å². The van der Waals surface area contributed by atoms with Crippen LogP contribution in [0.4, 0.5) is 0 Å². The van der Waals surface area contributed by atoms with E-state index in [9.17, 15) is 6.85 Å². The van der Waals surface area contributed by atoms with Crippen LogP contribution in [-0.4, -0.2) is 0 Å². The normalized spacial score (nSPS) is 14.8. The van der Waals surface area contributed by atoms with Gasteiger partial charge in [0.1, 0.15) is 11.2 Å². The van der Waals surface area contributed by atoms with Crippen molar-refractivity contribution in [2.24, 2.45) is 0 Å². The molecule has 0 saturated heterocycles. The summed E-state index contributed by atoms with van der Waals surface area (Å²) in [6.07, 6.45) is 0. The van der Waals surface area contributed by atoms with Crippen molar-refractivity contribution in [1.29, 1.82) is 0 Å². The zero-order valence-corrected chi connectivity index (χ0v) is 25.8. The van der Waals surface area contributed by atoms with Crippen LogP contribution in [0.5, 0.6) is 0 Å². The summed E-state index contributed by atoms with van der Waals surface area (Å²) in [5.74, 6) is 0. The summed E-state index contributed by atoms with van der Waals surface area (Å²) in [6.45, 7) is 0. The highest BCUT2D eigenvalue weighted by molar-refractivity contribution is 6.29.